The summed E-state index contributed by atoms with van der Waals surface area (Å²) >= 11 is 3.42. The van der Waals surface area contributed by atoms with E-state index in [1.807, 2.05) is 0 Å². The van der Waals surface area contributed by atoms with Crippen LogP contribution in [0, 0.1) is 0 Å². The van der Waals surface area contributed by atoms with Gasteiger partial charge < -0.3 is 20.9 Å². The molecule has 2 unspecified atom stereocenters. The van der Waals surface area contributed by atoms with E-state index in [1.54, 1.807) is 24.3 Å². The van der Waals surface area contributed by atoms with Gasteiger partial charge in [-0.15, -0.1) is 0 Å². The van der Waals surface area contributed by atoms with E-state index in [2.05, 4.69) is 31.7 Å². The van der Waals surface area contributed by atoms with Crippen molar-refractivity contribution in [2.24, 2.45) is 5.73 Å². The van der Waals surface area contributed by atoms with E-state index in [-0.39, 0.29) is 29.6 Å². The number of hydrogen-bond donors (Lipinski definition) is 3. The molecule has 0 spiro atoms. The average molecular weight is 433 g/mol. The Morgan fingerprint density at radius 3 is 2.63 bits per heavy atom. The monoisotopic (exact) mass is 432 g/mol. The smallest absolute Gasteiger partial charge is 0.277 e. The van der Waals surface area contributed by atoms with Crippen LogP contribution in [0.4, 0.5) is 5.69 Å². The van der Waals surface area contributed by atoms with Crippen molar-refractivity contribution in [2.75, 3.05) is 5.32 Å². The van der Waals surface area contributed by atoms with E-state index < -0.39 is 0 Å². The minimum absolute atomic E-state index is 0.124. The number of rotatable bonds is 5. The molecular formula is C19H21BrN4O3. The van der Waals surface area contributed by atoms with Crippen LogP contribution >= 0.6 is 15.9 Å². The number of aromatic nitrogens is 1. The fraction of sp³-hybridized carbons (Fsp3) is 0.421. The second-order valence-corrected chi connectivity index (χ2v) is 8.14. The van der Waals surface area contributed by atoms with Gasteiger partial charge in [-0.3, -0.25) is 9.59 Å². The Kier molecular flexibility index (Phi) is 5.01. The predicted molar refractivity (Wildman–Crippen MR) is 104 cm³/mol. The van der Waals surface area contributed by atoms with Crippen LogP contribution in [-0.4, -0.2) is 29.1 Å². The first-order valence-corrected chi connectivity index (χ1v) is 9.93. The third-order valence-electron chi connectivity index (χ3n) is 5.03. The number of nitrogens with one attached hydrogen (secondary N) is 2. The number of halogens is 1. The average Bonchev–Trinajstić information content (AvgIpc) is 3.22. The molecule has 2 aromatic rings. The summed E-state index contributed by atoms with van der Waals surface area (Å²) in [6.07, 6.45) is 4.81. The highest BCUT2D eigenvalue weighted by Crippen LogP contribution is 2.40. The number of hydrogen-bond acceptors (Lipinski definition) is 5. The number of carbonyl (C=O) groups excluding carboxylic acids is 2. The summed E-state index contributed by atoms with van der Waals surface area (Å²) in [5, 5.41) is 9.63. The van der Waals surface area contributed by atoms with E-state index in [4.69, 9.17) is 10.3 Å². The zero-order valence-corrected chi connectivity index (χ0v) is 16.3. The lowest BCUT2D eigenvalue weighted by Gasteiger charge is -2.13. The molecule has 2 amide bonds. The second-order valence-electron chi connectivity index (χ2n) is 7.28. The van der Waals surface area contributed by atoms with Crippen molar-refractivity contribution in [3.63, 3.8) is 0 Å². The molecule has 0 aliphatic heterocycles. The van der Waals surface area contributed by atoms with Crippen molar-refractivity contribution >= 4 is 33.4 Å². The van der Waals surface area contributed by atoms with E-state index in [0.717, 1.165) is 37.9 Å². The molecule has 1 heterocycles. The molecule has 2 aliphatic carbocycles. The molecule has 2 atom stereocenters. The minimum atomic E-state index is -0.344. The van der Waals surface area contributed by atoms with Crippen LogP contribution in [0.15, 0.2) is 33.3 Å². The van der Waals surface area contributed by atoms with Gasteiger partial charge in [0.25, 0.3) is 11.8 Å². The molecule has 2 saturated carbocycles. The number of nitrogens with zero attached hydrogens (tertiary/aromatic N) is 1. The summed E-state index contributed by atoms with van der Waals surface area (Å²) in [4.78, 5) is 24.8. The Hall–Kier alpha value is -2.19. The maximum atomic E-state index is 12.4. The molecule has 8 heteroatoms. The van der Waals surface area contributed by atoms with Crippen molar-refractivity contribution in [1.82, 2.24) is 10.5 Å². The van der Waals surface area contributed by atoms with Gasteiger partial charge in [0, 0.05) is 34.1 Å². The third kappa shape index (κ3) is 4.22. The second kappa shape index (κ2) is 7.44. The Bertz CT molecular complexity index is 878. The molecule has 7 nitrogen and oxygen atoms in total. The molecule has 1 aromatic carbocycles. The first kappa shape index (κ1) is 18.2. The lowest BCUT2D eigenvalue weighted by Crippen LogP contribution is -2.34. The highest BCUT2D eigenvalue weighted by atomic mass is 79.9. The Morgan fingerprint density at radius 2 is 1.96 bits per heavy atom. The SMILES string of the molecule is NC1CCC(NC(=O)c2ccc(NC(=O)c3cc(C4CC4)on3)c(Br)c2)C1. The number of benzene rings is 1. The van der Waals surface area contributed by atoms with Gasteiger partial charge in [-0.2, -0.15) is 0 Å². The van der Waals surface area contributed by atoms with E-state index in [1.165, 1.54) is 0 Å². The molecule has 0 radical (unpaired) electrons. The van der Waals surface area contributed by atoms with Crippen molar-refractivity contribution < 1.29 is 14.1 Å². The number of anilines is 1. The largest absolute Gasteiger partial charge is 0.360 e. The molecule has 0 bridgehead atoms. The molecule has 2 aliphatic rings. The number of carbonyl (C=O) groups is 2. The van der Waals surface area contributed by atoms with E-state index >= 15 is 0 Å². The zero-order chi connectivity index (χ0) is 19.0. The maximum Gasteiger partial charge on any atom is 0.277 e. The fourth-order valence-corrected chi connectivity index (χ4v) is 3.79. The molecular weight excluding hydrogens is 412 g/mol. The zero-order valence-electron chi connectivity index (χ0n) is 14.7. The van der Waals surface area contributed by atoms with Crippen molar-refractivity contribution in [3.8, 4) is 0 Å². The molecule has 1 aromatic heterocycles. The molecule has 27 heavy (non-hydrogen) atoms. The van der Waals surface area contributed by atoms with Gasteiger partial charge in [-0.25, -0.2) is 0 Å². The lowest BCUT2D eigenvalue weighted by atomic mass is 10.1. The molecule has 4 N–H and O–H groups in total. The van der Waals surface area contributed by atoms with Gasteiger partial charge in [0.1, 0.15) is 5.76 Å². The van der Waals surface area contributed by atoms with E-state index in [0.29, 0.717) is 21.6 Å². The Labute approximate surface area is 165 Å². The van der Waals surface area contributed by atoms with Crippen LogP contribution in [-0.2, 0) is 0 Å². The van der Waals surface area contributed by atoms with Crippen molar-refractivity contribution in [1.29, 1.82) is 0 Å². The Balaban J connectivity index is 1.40. The van der Waals surface area contributed by atoms with Gasteiger partial charge >= 0.3 is 0 Å². The first-order valence-electron chi connectivity index (χ1n) is 9.13. The summed E-state index contributed by atoms with van der Waals surface area (Å²) in [5.41, 5.74) is 7.23. The van der Waals surface area contributed by atoms with Gasteiger partial charge in [0.05, 0.1) is 5.69 Å². The van der Waals surface area contributed by atoms with Crippen LogP contribution < -0.4 is 16.4 Å². The quantitative estimate of drug-likeness (QED) is 0.671. The highest BCUT2D eigenvalue weighted by molar-refractivity contribution is 9.10. The standard InChI is InChI=1S/C19H21BrN4O3/c20-14-7-11(18(25)22-13-5-4-12(21)8-13)3-6-15(14)23-19(26)16-9-17(27-24-16)10-1-2-10/h3,6-7,9-10,12-13H,1-2,4-5,8,21H2,(H,22,25)(H,23,26). The summed E-state index contributed by atoms with van der Waals surface area (Å²) < 4.78 is 5.84. The minimum Gasteiger partial charge on any atom is -0.360 e. The maximum absolute atomic E-state index is 12.4. The molecule has 142 valence electrons. The third-order valence-corrected chi connectivity index (χ3v) is 5.68. The summed E-state index contributed by atoms with van der Waals surface area (Å²) in [6.45, 7) is 0. The topological polar surface area (TPSA) is 110 Å². The normalized spacial score (nSPS) is 21.9. The summed E-state index contributed by atoms with van der Waals surface area (Å²) in [7, 11) is 0. The van der Waals surface area contributed by atoms with Gasteiger partial charge in [-0.05, 0) is 66.2 Å². The summed E-state index contributed by atoms with van der Waals surface area (Å²) in [5.74, 6) is 0.678. The van der Waals surface area contributed by atoms with Crippen molar-refractivity contribution in [3.05, 3.63) is 45.8 Å². The van der Waals surface area contributed by atoms with Gasteiger partial charge in [0.2, 0.25) is 0 Å². The fourth-order valence-electron chi connectivity index (χ4n) is 3.32. The Morgan fingerprint density at radius 1 is 1.15 bits per heavy atom. The molecule has 0 saturated heterocycles. The van der Waals surface area contributed by atoms with Crippen LogP contribution in [0.1, 0.15) is 64.6 Å². The predicted octanol–water partition coefficient (Wildman–Crippen LogP) is 3.18. The van der Waals surface area contributed by atoms with Crippen LogP contribution in [0.5, 0.6) is 0 Å². The van der Waals surface area contributed by atoms with Gasteiger partial charge in [0.15, 0.2) is 5.69 Å². The van der Waals surface area contributed by atoms with Crippen molar-refractivity contribution in [2.45, 2.75) is 50.1 Å². The van der Waals surface area contributed by atoms with Gasteiger partial charge in [-0.1, -0.05) is 5.16 Å². The molecule has 2 fully saturated rings. The van der Waals surface area contributed by atoms with Crippen LogP contribution in [0.3, 0.4) is 0 Å². The first-order chi connectivity index (χ1) is 13.0. The highest BCUT2D eigenvalue weighted by Gasteiger charge is 2.29. The molecule has 4 rings (SSSR count). The summed E-state index contributed by atoms with van der Waals surface area (Å²) in [6, 6.07) is 7.05. The van der Waals surface area contributed by atoms with E-state index in [9.17, 15) is 9.59 Å². The number of nitrogens with two attached hydrogens (primary N) is 1. The van der Waals surface area contributed by atoms with Crippen LogP contribution in [0.2, 0.25) is 0 Å². The lowest BCUT2D eigenvalue weighted by molar-refractivity contribution is 0.0937. The number of amides is 2. The van der Waals surface area contributed by atoms with Crippen LogP contribution in [0.25, 0.3) is 0 Å².